The highest BCUT2D eigenvalue weighted by atomic mass is 15.2. The first-order valence-corrected chi connectivity index (χ1v) is 8.66. The molecule has 2 fully saturated rings. The van der Waals surface area contributed by atoms with Gasteiger partial charge in [0.1, 0.15) is 0 Å². The molecule has 1 aromatic rings. The SMILES string of the molecule is Cc1ccc(C2CC(NCC3CCN(C(C)C)C3)C2)cc1. The molecule has 0 bridgehead atoms. The molecule has 21 heavy (non-hydrogen) atoms. The summed E-state index contributed by atoms with van der Waals surface area (Å²) in [7, 11) is 0. The van der Waals surface area contributed by atoms with Crippen LogP contribution in [0.4, 0.5) is 0 Å². The van der Waals surface area contributed by atoms with Crippen LogP contribution in [-0.2, 0) is 0 Å². The summed E-state index contributed by atoms with van der Waals surface area (Å²) in [5.74, 6) is 1.66. The van der Waals surface area contributed by atoms with Crippen LogP contribution in [0.25, 0.3) is 0 Å². The lowest BCUT2D eigenvalue weighted by Gasteiger charge is -2.37. The molecule has 1 N–H and O–H groups in total. The predicted molar refractivity (Wildman–Crippen MR) is 89.8 cm³/mol. The van der Waals surface area contributed by atoms with E-state index in [0.717, 1.165) is 17.9 Å². The van der Waals surface area contributed by atoms with E-state index in [4.69, 9.17) is 0 Å². The average Bonchev–Trinajstić information content (AvgIpc) is 2.88. The minimum Gasteiger partial charge on any atom is -0.314 e. The molecule has 2 nitrogen and oxygen atoms in total. The quantitative estimate of drug-likeness (QED) is 0.890. The van der Waals surface area contributed by atoms with Crippen molar-refractivity contribution < 1.29 is 0 Å². The zero-order chi connectivity index (χ0) is 14.8. The Morgan fingerprint density at radius 1 is 1.19 bits per heavy atom. The Kier molecular flexibility index (Phi) is 4.66. The molecule has 1 aliphatic carbocycles. The number of benzene rings is 1. The van der Waals surface area contributed by atoms with Crippen LogP contribution < -0.4 is 5.32 Å². The van der Waals surface area contributed by atoms with Gasteiger partial charge in [0.25, 0.3) is 0 Å². The van der Waals surface area contributed by atoms with Crippen molar-refractivity contribution in [2.24, 2.45) is 5.92 Å². The maximum Gasteiger partial charge on any atom is 0.00788 e. The Morgan fingerprint density at radius 3 is 2.52 bits per heavy atom. The third kappa shape index (κ3) is 3.67. The summed E-state index contributed by atoms with van der Waals surface area (Å²) < 4.78 is 0. The van der Waals surface area contributed by atoms with Crippen LogP contribution in [0.15, 0.2) is 24.3 Å². The van der Waals surface area contributed by atoms with Crippen molar-refractivity contribution in [1.82, 2.24) is 10.2 Å². The van der Waals surface area contributed by atoms with E-state index in [0.29, 0.717) is 6.04 Å². The maximum atomic E-state index is 3.80. The van der Waals surface area contributed by atoms with E-state index in [-0.39, 0.29) is 0 Å². The summed E-state index contributed by atoms with van der Waals surface area (Å²) in [5.41, 5.74) is 2.90. The van der Waals surface area contributed by atoms with Gasteiger partial charge in [0.2, 0.25) is 0 Å². The van der Waals surface area contributed by atoms with Crippen LogP contribution in [0.3, 0.4) is 0 Å². The van der Waals surface area contributed by atoms with Crippen molar-refractivity contribution in [3.8, 4) is 0 Å². The van der Waals surface area contributed by atoms with E-state index in [1.54, 1.807) is 0 Å². The van der Waals surface area contributed by atoms with Crippen molar-refractivity contribution in [3.63, 3.8) is 0 Å². The molecule has 1 aromatic carbocycles. The van der Waals surface area contributed by atoms with E-state index in [1.807, 2.05) is 0 Å². The van der Waals surface area contributed by atoms with Crippen LogP contribution in [0.1, 0.15) is 50.2 Å². The van der Waals surface area contributed by atoms with Crippen LogP contribution in [0.2, 0.25) is 0 Å². The summed E-state index contributed by atoms with van der Waals surface area (Å²) in [6.07, 6.45) is 4.02. The number of hydrogen-bond donors (Lipinski definition) is 1. The highest BCUT2D eigenvalue weighted by molar-refractivity contribution is 5.26. The van der Waals surface area contributed by atoms with Gasteiger partial charge in [-0.1, -0.05) is 29.8 Å². The summed E-state index contributed by atoms with van der Waals surface area (Å²) in [6.45, 7) is 10.6. The van der Waals surface area contributed by atoms with Crippen molar-refractivity contribution in [3.05, 3.63) is 35.4 Å². The number of aryl methyl sites for hydroxylation is 1. The molecule has 0 spiro atoms. The van der Waals surface area contributed by atoms with Gasteiger partial charge in [0.05, 0.1) is 0 Å². The average molecular weight is 286 g/mol. The molecule has 0 radical (unpaired) electrons. The van der Waals surface area contributed by atoms with Crippen molar-refractivity contribution in [1.29, 1.82) is 0 Å². The van der Waals surface area contributed by atoms with E-state index >= 15 is 0 Å². The Labute approximate surface area is 129 Å². The predicted octanol–water partition coefficient (Wildman–Crippen LogP) is 3.56. The van der Waals surface area contributed by atoms with Gasteiger partial charge in [0.15, 0.2) is 0 Å². The second-order valence-corrected chi connectivity index (χ2v) is 7.43. The fourth-order valence-corrected chi connectivity index (χ4v) is 3.73. The van der Waals surface area contributed by atoms with E-state index in [9.17, 15) is 0 Å². The third-order valence-electron chi connectivity index (χ3n) is 5.43. The van der Waals surface area contributed by atoms with Gasteiger partial charge in [0, 0.05) is 18.6 Å². The van der Waals surface area contributed by atoms with Crippen LogP contribution in [-0.4, -0.2) is 36.6 Å². The molecule has 1 atom stereocenters. The molecule has 1 aliphatic heterocycles. The van der Waals surface area contributed by atoms with Gasteiger partial charge < -0.3 is 10.2 Å². The number of rotatable bonds is 5. The van der Waals surface area contributed by atoms with E-state index in [1.165, 1.54) is 50.0 Å². The molecule has 116 valence electrons. The first kappa shape index (κ1) is 15.1. The molecule has 0 amide bonds. The highest BCUT2D eigenvalue weighted by Crippen LogP contribution is 2.37. The molecule has 2 aliphatic rings. The van der Waals surface area contributed by atoms with Gasteiger partial charge in [-0.25, -0.2) is 0 Å². The summed E-state index contributed by atoms with van der Waals surface area (Å²) in [5, 5.41) is 3.80. The molecule has 1 saturated heterocycles. The zero-order valence-electron chi connectivity index (χ0n) is 13.8. The first-order valence-electron chi connectivity index (χ1n) is 8.66. The number of nitrogens with one attached hydrogen (secondary N) is 1. The molecular weight excluding hydrogens is 256 g/mol. The lowest BCUT2D eigenvalue weighted by atomic mass is 9.75. The fourth-order valence-electron chi connectivity index (χ4n) is 3.73. The summed E-state index contributed by atoms with van der Waals surface area (Å²) in [4.78, 5) is 2.61. The second-order valence-electron chi connectivity index (χ2n) is 7.43. The zero-order valence-corrected chi connectivity index (χ0v) is 13.8. The lowest BCUT2D eigenvalue weighted by Crippen LogP contribution is -2.42. The number of hydrogen-bond acceptors (Lipinski definition) is 2. The summed E-state index contributed by atoms with van der Waals surface area (Å²) >= 11 is 0. The molecule has 3 rings (SSSR count). The lowest BCUT2D eigenvalue weighted by molar-refractivity contribution is 0.250. The van der Waals surface area contributed by atoms with Crippen molar-refractivity contribution >= 4 is 0 Å². The fraction of sp³-hybridized carbons (Fsp3) is 0.684. The van der Waals surface area contributed by atoms with Crippen LogP contribution in [0, 0.1) is 12.8 Å². The minimum absolute atomic E-state index is 0.713. The van der Waals surface area contributed by atoms with Gasteiger partial charge in [-0.2, -0.15) is 0 Å². The molecular formula is C19H30N2. The van der Waals surface area contributed by atoms with E-state index in [2.05, 4.69) is 55.3 Å². The van der Waals surface area contributed by atoms with Crippen molar-refractivity contribution in [2.45, 2.75) is 58.0 Å². The number of likely N-dealkylation sites (tertiary alicyclic amines) is 1. The standard InChI is InChI=1S/C19H30N2/c1-14(2)21-9-8-16(13-21)12-20-19-10-18(11-19)17-6-4-15(3)5-7-17/h4-7,14,16,18-20H,8-13H2,1-3H3. The highest BCUT2D eigenvalue weighted by Gasteiger charge is 2.31. The number of nitrogens with zero attached hydrogens (tertiary/aromatic N) is 1. The van der Waals surface area contributed by atoms with Crippen LogP contribution in [0.5, 0.6) is 0 Å². The molecule has 2 heteroatoms. The summed E-state index contributed by atoms with van der Waals surface area (Å²) in [6, 6.07) is 10.6. The van der Waals surface area contributed by atoms with E-state index < -0.39 is 0 Å². The Morgan fingerprint density at radius 2 is 1.90 bits per heavy atom. The molecule has 1 unspecified atom stereocenters. The van der Waals surface area contributed by atoms with Gasteiger partial charge >= 0.3 is 0 Å². The van der Waals surface area contributed by atoms with Gasteiger partial charge in [-0.15, -0.1) is 0 Å². The first-order chi connectivity index (χ1) is 10.1. The van der Waals surface area contributed by atoms with Crippen LogP contribution >= 0.6 is 0 Å². The Balaban J connectivity index is 1.37. The van der Waals surface area contributed by atoms with Gasteiger partial charge in [-0.05, 0) is 70.5 Å². The van der Waals surface area contributed by atoms with Crippen molar-refractivity contribution in [2.75, 3.05) is 19.6 Å². The molecule has 1 saturated carbocycles. The second kappa shape index (κ2) is 6.50. The Hall–Kier alpha value is -0.860. The topological polar surface area (TPSA) is 15.3 Å². The normalized spacial score (nSPS) is 29.8. The molecule has 1 heterocycles. The largest absolute Gasteiger partial charge is 0.314 e. The van der Waals surface area contributed by atoms with Gasteiger partial charge in [-0.3, -0.25) is 0 Å². The monoisotopic (exact) mass is 286 g/mol. The Bertz CT molecular complexity index is 445. The minimum atomic E-state index is 0.713. The third-order valence-corrected chi connectivity index (χ3v) is 5.43. The molecule has 0 aromatic heterocycles. The maximum absolute atomic E-state index is 3.80. The smallest absolute Gasteiger partial charge is 0.00788 e.